The van der Waals surface area contributed by atoms with E-state index in [0.717, 1.165) is 41.3 Å². The number of nitrogens with zero attached hydrogens (tertiary/aromatic N) is 2. The molecule has 2 amide bonds. The minimum atomic E-state index is -3.18. The molecule has 0 bridgehead atoms. The maximum absolute atomic E-state index is 14.9. The quantitative estimate of drug-likeness (QED) is 0.105. The van der Waals surface area contributed by atoms with Crippen molar-refractivity contribution in [2.24, 2.45) is 0 Å². The van der Waals surface area contributed by atoms with Crippen molar-refractivity contribution in [2.75, 3.05) is 18.4 Å². The number of amides is 2. The second-order valence-corrected chi connectivity index (χ2v) is 21.7. The highest BCUT2D eigenvalue weighted by atomic mass is 79.9. The van der Waals surface area contributed by atoms with Gasteiger partial charge in [0.1, 0.15) is 11.6 Å². The lowest BCUT2D eigenvalue weighted by Gasteiger charge is -2.35. The van der Waals surface area contributed by atoms with Crippen molar-refractivity contribution < 1.29 is 18.7 Å². The molecule has 0 radical (unpaired) electrons. The number of benzene rings is 6. The van der Waals surface area contributed by atoms with Crippen LogP contribution in [0.3, 0.4) is 0 Å². The lowest BCUT2D eigenvalue weighted by molar-refractivity contribution is -0.122. The molecule has 6 aromatic carbocycles. The van der Waals surface area contributed by atoms with E-state index in [9.17, 15) is 18.7 Å². The molecule has 2 aliphatic rings. The molecular formula is C45H42Br2Cl2N4O4P2. The molecule has 2 N–H and O–H groups in total. The Hall–Kier alpha value is -3.82. The molecule has 2 aliphatic heterocycles. The minimum absolute atomic E-state index is 0.0512. The van der Waals surface area contributed by atoms with Crippen LogP contribution in [-0.2, 0) is 18.7 Å². The van der Waals surface area contributed by atoms with E-state index in [0.29, 0.717) is 25.9 Å². The molecule has 304 valence electrons. The molecule has 59 heavy (non-hydrogen) atoms. The molecule has 2 heterocycles. The van der Waals surface area contributed by atoms with Gasteiger partial charge in [0.2, 0.25) is 11.8 Å². The van der Waals surface area contributed by atoms with E-state index in [4.69, 9.17) is 23.2 Å². The van der Waals surface area contributed by atoms with Crippen LogP contribution in [0.5, 0.6) is 0 Å². The van der Waals surface area contributed by atoms with Gasteiger partial charge in [-0.1, -0.05) is 190 Å². The maximum Gasteiger partial charge on any atom is 0.235 e. The van der Waals surface area contributed by atoms with Gasteiger partial charge in [0, 0.05) is 56.1 Å². The first-order valence-corrected chi connectivity index (χ1v) is 25.0. The fraction of sp³-hybridized carbons (Fsp3) is 0.156. The first kappa shape index (κ1) is 44.7. The Morgan fingerprint density at radius 2 is 0.729 bits per heavy atom. The average molecular weight is 996 g/mol. The van der Waals surface area contributed by atoms with Crippen LogP contribution in [0, 0.1) is 0 Å². The van der Waals surface area contributed by atoms with E-state index in [1.807, 2.05) is 180 Å². The fourth-order valence-corrected chi connectivity index (χ4v) is 15.2. The van der Waals surface area contributed by atoms with Crippen molar-refractivity contribution >= 4 is 102 Å². The van der Waals surface area contributed by atoms with Crippen LogP contribution in [0.25, 0.3) is 0 Å². The highest BCUT2D eigenvalue weighted by Crippen LogP contribution is 2.61. The molecule has 2 saturated heterocycles. The van der Waals surface area contributed by atoms with Crippen molar-refractivity contribution in [3.8, 4) is 0 Å². The summed E-state index contributed by atoms with van der Waals surface area (Å²) >= 11 is 16.8. The Kier molecular flexibility index (Phi) is 16.0. The summed E-state index contributed by atoms with van der Waals surface area (Å²) in [6.07, 6.45) is 0.787. The Morgan fingerprint density at radius 3 is 0.966 bits per heavy atom. The van der Waals surface area contributed by atoms with Crippen LogP contribution >= 0.6 is 69.3 Å². The Morgan fingerprint density at radius 1 is 0.475 bits per heavy atom. The molecule has 6 aromatic rings. The van der Waals surface area contributed by atoms with Gasteiger partial charge in [-0.2, -0.15) is 0 Å². The van der Waals surface area contributed by atoms with E-state index in [1.54, 1.807) is 0 Å². The third-order valence-electron chi connectivity index (χ3n) is 9.90. The summed E-state index contributed by atoms with van der Waals surface area (Å²) in [6.45, 7) is 1.02. The molecule has 0 unspecified atom stereocenters. The van der Waals surface area contributed by atoms with Gasteiger partial charge in [-0.25, -0.2) is 10.0 Å². The Labute approximate surface area is 372 Å². The second-order valence-electron chi connectivity index (χ2n) is 13.5. The van der Waals surface area contributed by atoms with Crippen molar-refractivity contribution in [1.29, 1.82) is 0 Å². The van der Waals surface area contributed by atoms with E-state index in [2.05, 4.69) is 42.7 Å². The fourth-order valence-electron chi connectivity index (χ4n) is 7.30. The summed E-state index contributed by atoms with van der Waals surface area (Å²) in [6, 6.07) is 53.8. The Bertz CT molecular complexity index is 2170. The molecule has 8 nitrogen and oxygen atoms in total. The number of carbonyl (C=O) groups is 2. The molecule has 0 saturated carbocycles. The smallest absolute Gasteiger partial charge is 0.235 e. The third-order valence-corrected chi connectivity index (χ3v) is 18.1. The van der Waals surface area contributed by atoms with Crippen molar-refractivity contribution in [3.63, 3.8) is 0 Å². The zero-order valence-electron chi connectivity index (χ0n) is 31.8. The molecule has 0 aliphatic carbocycles. The van der Waals surface area contributed by atoms with E-state index >= 15 is 0 Å². The van der Waals surface area contributed by atoms with Crippen LogP contribution in [0.1, 0.15) is 35.5 Å². The number of hydrogen-bond donors (Lipinski definition) is 2. The monoisotopic (exact) mass is 992 g/mol. The van der Waals surface area contributed by atoms with Gasteiger partial charge in [0.05, 0.1) is 5.34 Å². The van der Waals surface area contributed by atoms with Gasteiger partial charge in [0.15, 0.2) is 14.3 Å². The number of rotatable bonds is 10. The summed E-state index contributed by atoms with van der Waals surface area (Å²) in [5.74, 6) is -1.13. The van der Waals surface area contributed by atoms with Gasteiger partial charge in [-0.15, -0.1) is 23.2 Å². The van der Waals surface area contributed by atoms with Crippen LogP contribution in [-0.4, -0.2) is 40.3 Å². The van der Waals surface area contributed by atoms with Crippen LogP contribution in [0.4, 0.5) is 0 Å². The molecular weight excluding hydrogens is 953 g/mol. The summed E-state index contributed by atoms with van der Waals surface area (Å²) in [7, 11) is -6.36. The largest absolute Gasteiger partial charge is 0.312 e. The van der Waals surface area contributed by atoms with Gasteiger partial charge >= 0.3 is 0 Å². The third kappa shape index (κ3) is 10.2. The SMILES string of the molecule is ClCCl.O=C1CCN([C@@H](c2ccccc2Br)P(=O)(c2ccccc2)c2ccccc2)N1.O=C1CCN([C@@H](c2ccccc2Br)P(=O)(c2ccccc2)c2ccccc2)N1. The lowest BCUT2D eigenvalue weighted by Crippen LogP contribution is -2.40. The summed E-state index contributed by atoms with van der Waals surface area (Å²) in [5.41, 5.74) is 7.63. The van der Waals surface area contributed by atoms with Gasteiger partial charge in [-0.05, 0) is 23.3 Å². The number of carbonyl (C=O) groups excluding carboxylic acids is 2. The van der Waals surface area contributed by atoms with Crippen molar-refractivity contribution in [2.45, 2.75) is 24.4 Å². The maximum atomic E-state index is 14.9. The normalized spacial score (nSPS) is 15.5. The highest BCUT2D eigenvalue weighted by molar-refractivity contribution is 9.10. The lowest BCUT2D eigenvalue weighted by atomic mass is 10.2. The predicted octanol–water partition coefficient (Wildman–Crippen LogP) is 9.82. The van der Waals surface area contributed by atoms with Crippen LogP contribution in [0.2, 0.25) is 0 Å². The molecule has 14 heteroatoms. The molecule has 2 fully saturated rings. The summed E-state index contributed by atoms with van der Waals surface area (Å²) in [5, 5.41) is 6.93. The first-order valence-electron chi connectivity index (χ1n) is 18.8. The molecule has 8 rings (SSSR count). The highest BCUT2D eigenvalue weighted by Gasteiger charge is 2.46. The van der Waals surface area contributed by atoms with Crippen LogP contribution < -0.4 is 32.1 Å². The average Bonchev–Trinajstić information content (AvgIpc) is 3.91. The zero-order chi connectivity index (χ0) is 41.8. The first-order chi connectivity index (χ1) is 28.6. The summed E-state index contributed by atoms with van der Waals surface area (Å²) in [4.78, 5) is 24.0. The molecule has 0 spiro atoms. The number of hydrogen-bond acceptors (Lipinski definition) is 6. The predicted molar refractivity (Wildman–Crippen MR) is 249 cm³/mol. The molecule has 0 aromatic heterocycles. The number of hydrazine groups is 2. The Balaban J connectivity index is 0.000000186. The van der Waals surface area contributed by atoms with Crippen molar-refractivity contribution in [1.82, 2.24) is 20.9 Å². The van der Waals surface area contributed by atoms with Gasteiger partial charge in [0.25, 0.3) is 0 Å². The minimum Gasteiger partial charge on any atom is -0.312 e. The topological polar surface area (TPSA) is 98.8 Å². The van der Waals surface area contributed by atoms with E-state index in [-0.39, 0.29) is 17.2 Å². The number of alkyl halides is 2. The summed E-state index contributed by atoms with van der Waals surface area (Å²) < 4.78 is 31.6. The van der Waals surface area contributed by atoms with E-state index in [1.165, 1.54) is 0 Å². The van der Waals surface area contributed by atoms with E-state index < -0.39 is 25.8 Å². The van der Waals surface area contributed by atoms with Gasteiger partial charge < -0.3 is 9.13 Å². The van der Waals surface area contributed by atoms with Gasteiger partial charge in [-0.3, -0.25) is 20.4 Å². The zero-order valence-corrected chi connectivity index (χ0v) is 38.3. The second kappa shape index (κ2) is 21.1. The van der Waals surface area contributed by atoms with Crippen LogP contribution in [0.15, 0.2) is 179 Å². The molecule has 2 atom stereocenters. The van der Waals surface area contributed by atoms with Crippen molar-refractivity contribution in [3.05, 3.63) is 190 Å². The number of halogens is 4. The number of nitrogens with one attached hydrogen (secondary N) is 2. The standard InChI is InChI=1S/2C22H20BrN2O2P.CH2Cl2/c2*23-20-14-8-7-13-19(20)22(25-16-15-21(26)24-25)28(27,17-9-3-1-4-10-17)18-11-5-2-6-12-18;2-1-3/h2*1-14,22H,15-16H2,(H,24,26);1H2/t2*22-;/m11./s1.